The predicted molar refractivity (Wildman–Crippen MR) is 186 cm³/mol. The zero-order chi connectivity index (χ0) is 36.8. The van der Waals surface area contributed by atoms with Crippen LogP contribution in [-0.4, -0.2) is 132 Å². The minimum absolute atomic E-state index is 0.0714. The van der Waals surface area contributed by atoms with Crippen molar-refractivity contribution in [2.24, 2.45) is 20.9 Å². The monoisotopic (exact) mass is 776 g/mol. The molecule has 0 aromatic carbocycles. The van der Waals surface area contributed by atoms with Crippen LogP contribution in [0.1, 0.15) is 26.5 Å². The summed E-state index contributed by atoms with van der Waals surface area (Å²) in [5, 5.41) is 2.51. The SMILES string of the molecule is CC(=O)OCC(CCN1C=NC2C=NC(NC(=O)OCCSSCCOC(=O)OC[C@@H]3OC(n4cc(F)c(N)nc4=O)CS3)=NC21)COC(C)=O. The highest BCUT2D eigenvalue weighted by Crippen LogP contribution is 2.31. The maximum atomic E-state index is 13.7. The first-order valence-electron chi connectivity index (χ1n) is 15.4. The molecule has 0 bridgehead atoms. The number of rotatable bonds is 17. The molecule has 51 heavy (non-hydrogen) atoms. The number of aromatic nitrogens is 2. The minimum Gasteiger partial charge on any atom is -0.465 e. The molecule has 23 heteroatoms. The highest BCUT2D eigenvalue weighted by molar-refractivity contribution is 8.76. The minimum atomic E-state index is -0.889. The number of ether oxygens (including phenoxy) is 6. The molecular weight excluding hydrogens is 740 g/mol. The molecule has 3 aliphatic heterocycles. The van der Waals surface area contributed by atoms with Crippen LogP contribution in [-0.2, 0) is 38.0 Å². The summed E-state index contributed by atoms with van der Waals surface area (Å²) in [6.45, 7) is 3.33. The van der Waals surface area contributed by atoms with Crippen molar-refractivity contribution in [1.29, 1.82) is 0 Å². The van der Waals surface area contributed by atoms with Crippen LogP contribution in [0.25, 0.3) is 0 Å². The molecule has 1 aromatic heterocycles. The lowest BCUT2D eigenvalue weighted by atomic mass is 10.1. The number of thioether (sulfide) groups is 1. The zero-order valence-corrected chi connectivity index (χ0v) is 30.0. The number of hydrogen-bond acceptors (Lipinski definition) is 20. The second-order valence-corrected chi connectivity index (χ2v) is 14.6. The number of carbonyl (C=O) groups is 4. The van der Waals surface area contributed by atoms with E-state index in [1.54, 1.807) is 12.6 Å². The zero-order valence-electron chi connectivity index (χ0n) is 27.5. The van der Waals surface area contributed by atoms with Crippen molar-refractivity contribution < 1.29 is 52.0 Å². The molecule has 1 saturated heterocycles. The van der Waals surface area contributed by atoms with Gasteiger partial charge >= 0.3 is 29.9 Å². The number of nitrogen functional groups attached to an aromatic ring is 1. The van der Waals surface area contributed by atoms with E-state index in [2.05, 4.69) is 25.3 Å². The summed E-state index contributed by atoms with van der Waals surface area (Å²) in [7, 11) is 2.81. The topological polar surface area (TPSA) is 237 Å². The Kier molecular flexibility index (Phi) is 15.6. The van der Waals surface area contributed by atoms with Crippen molar-refractivity contribution in [3.05, 3.63) is 22.5 Å². The van der Waals surface area contributed by atoms with Gasteiger partial charge in [0.05, 0.1) is 25.7 Å². The Balaban J connectivity index is 1.04. The molecule has 0 saturated carbocycles. The summed E-state index contributed by atoms with van der Waals surface area (Å²) in [6.07, 6.45) is 1.83. The van der Waals surface area contributed by atoms with Crippen LogP contribution < -0.4 is 16.7 Å². The number of carbonyl (C=O) groups excluding carboxylic acids is 4. The van der Waals surface area contributed by atoms with E-state index in [0.717, 1.165) is 10.8 Å². The van der Waals surface area contributed by atoms with E-state index in [-0.39, 0.29) is 51.0 Å². The molecule has 0 aliphatic carbocycles. The van der Waals surface area contributed by atoms with Crippen molar-refractivity contribution in [2.45, 2.75) is 44.1 Å². The molecule has 0 radical (unpaired) electrons. The number of anilines is 1. The van der Waals surface area contributed by atoms with Crippen LogP contribution in [0.5, 0.6) is 0 Å². The van der Waals surface area contributed by atoms with Gasteiger partial charge in [-0.2, -0.15) is 4.98 Å². The molecule has 3 unspecified atom stereocenters. The fourth-order valence-electron chi connectivity index (χ4n) is 4.44. The number of nitrogens with two attached hydrogens (primary N) is 1. The van der Waals surface area contributed by atoms with Crippen LogP contribution in [0.4, 0.5) is 19.8 Å². The van der Waals surface area contributed by atoms with Crippen molar-refractivity contribution in [1.82, 2.24) is 19.8 Å². The Labute approximate surface area is 303 Å². The molecular formula is C28H37FN8O11S3. The number of halogens is 1. The number of nitrogens with one attached hydrogen (secondary N) is 1. The number of aliphatic imine (C=N–C) groups is 3. The highest BCUT2D eigenvalue weighted by atomic mass is 33.1. The smallest absolute Gasteiger partial charge is 0.465 e. The van der Waals surface area contributed by atoms with E-state index in [1.807, 2.05) is 4.90 Å². The maximum absolute atomic E-state index is 13.7. The summed E-state index contributed by atoms with van der Waals surface area (Å²) in [5.74, 6) is -1.12. The molecule has 3 aliphatic rings. The van der Waals surface area contributed by atoms with Gasteiger partial charge in [0.25, 0.3) is 0 Å². The Morgan fingerprint density at radius 2 is 1.80 bits per heavy atom. The second-order valence-electron chi connectivity index (χ2n) is 10.7. The van der Waals surface area contributed by atoms with Crippen molar-refractivity contribution >= 4 is 81.9 Å². The van der Waals surface area contributed by atoms with Gasteiger partial charge in [-0.1, -0.05) is 21.6 Å². The first-order valence-corrected chi connectivity index (χ1v) is 19.0. The van der Waals surface area contributed by atoms with Crippen LogP contribution in [0.3, 0.4) is 0 Å². The first-order chi connectivity index (χ1) is 24.5. The van der Waals surface area contributed by atoms with E-state index < -0.39 is 59.3 Å². The average Bonchev–Trinajstić information content (AvgIpc) is 3.73. The van der Waals surface area contributed by atoms with E-state index in [0.29, 0.717) is 30.2 Å². The summed E-state index contributed by atoms with van der Waals surface area (Å²) >= 11 is 1.28. The van der Waals surface area contributed by atoms with E-state index in [4.69, 9.17) is 34.2 Å². The lowest BCUT2D eigenvalue weighted by Crippen LogP contribution is -2.43. The third-order valence-corrected chi connectivity index (χ3v) is 10.3. The van der Waals surface area contributed by atoms with Crippen LogP contribution in [0.2, 0.25) is 0 Å². The normalized spacial score (nSPS) is 20.5. The quantitative estimate of drug-likeness (QED) is 0.0985. The number of hydrogen-bond donors (Lipinski definition) is 2. The molecule has 280 valence electrons. The van der Waals surface area contributed by atoms with Crippen LogP contribution >= 0.6 is 33.3 Å². The third kappa shape index (κ3) is 13.2. The van der Waals surface area contributed by atoms with E-state index >= 15 is 0 Å². The number of esters is 2. The lowest BCUT2D eigenvalue weighted by molar-refractivity contribution is -0.146. The molecule has 1 fully saturated rings. The van der Waals surface area contributed by atoms with Crippen molar-refractivity contribution in [3.8, 4) is 0 Å². The van der Waals surface area contributed by atoms with Gasteiger partial charge in [-0.05, 0) is 6.42 Å². The molecule has 19 nitrogen and oxygen atoms in total. The van der Waals surface area contributed by atoms with E-state index in [1.165, 1.54) is 47.2 Å². The Hall–Kier alpha value is -4.09. The predicted octanol–water partition coefficient (Wildman–Crippen LogP) is 1.43. The van der Waals surface area contributed by atoms with Gasteiger partial charge in [-0.25, -0.2) is 28.8 Å². The Morgan fingerprint density at radius 1 is 1.10 bits per heavy atom. The summed E-state index contributed by atoms with van der Waals surface area (Å²) in [5.41, 5.74) is 3.97. The number of alkyl carbamates (subject to hydrolysis) is 1. The summed E-state index contributed by atoms with van der Waals surface area (Å²) in [6, 6.07) is -0.334. The van der Waals surface area contributed by atoms with Crippen molar-refractivity contribution in [2.75, 3.05) is 62.6 Å². The molecule has 1 aromatic rings. The lowest BCUT2D eigenvalue weighted by Gasteiger charge is -2.27. The fourth-order valence-corrected chi connectivity index (χ4v) is 7.08. The number of amides is 1. The van der Waals surface area contributed by atoms with Gasteiger partial charge in [0, 0.05) is 49.8 Å². The molecule has 0 spiro atoms. The maximum Gasteiger partial charge on any atom is 0.508 e. The average molecular weight is 777 g/mol. The third-order valence-electron chi connectivity index (χ3n) is 6.88. The van der Waals surface area contributed by atoms with Crippen LogP contribution in [0.15, 0.2) is 26.0 Å². The van der Waals surface area contributed by atoms with Gasteiger partial charge in [-0.3, -0.25) is 24.5 Å². The van der Waals surface area contributed by atoms with E-state index in [9.17, 15) is 28.4 Å². The van der Waals surface area contributed by atoms with Crippen molar-refractivity contribution in [3.63, 3.8) is 0 Å². The molecule has 4 rings (SSSR count). The second kappa shape index (κ2) is 20.1. The number of guanidine groups is 1. The first kappa shape index (κ1) is 39.7. The van der Waals surface area contributed by atoms with Gasteiger partial charge in [0.15, 0.2) is 17.8 Å². The summed E-state index contributed by atoms with van der Waals surface area (Å²) in [4.78, 5) is 76.9. The van der Waals surface area contributed by atoms with Gasteiger partial charge < -0.3 is 39.1 Å². The van der Waals surface area contributed by atoms with Gasteiger partial charge in [0.2, 0.25) is 5.96 Å². The number of fused-ring (bicyclic) bond motifs is 1. The molecule has 4 atom stereocenters. The Morgan fingerprint density at radius 3 is 2.51 bits per heavy atom. The molecule has 3 N–H and O–H groups in total. The summed E-state index contributed by atoms with van der Waals surface area (Å²) < 4.78 is 45.8. The van der Waals surface area contributed by atoms with Gasteiger partial charge in [0.1, 0.15) is 37.5 Å². The molecule has 1 amide bonds. The number of nitrogens with zero attached hydrogens (tertiary/aromatic N) is 6. The fraction of sp³-hybridized carbons (Fsp3) is 0.607. The largest absolute Gasteiger partial charge is 0.508 e. The standard InChI is InChI=1S/C28H37FN8O11S3/c1-16(38)45-11-18(12-46-17(2)39)3-4-36-15-32-20-9-31-25(34-24(20)36)35-27(41)43-5-7-50-51-8-6-44-28(42)47-13-22-48-21(14-49-22)37-10-19(29)23(30)33-26(37)40/h9-10,15,18,20-22,24H,3-8,11-14H2,1-2H3,(H2,30,33,40)(H,34,35,41)/t20?,21?,22-,24?/m1/s1. The van der Waals surface area contributed by atoms with Crippen LogP contribution in [0, 0.1) is 11.7 Å². The Bertz CT molecular complexity index is 1530. The molecule has 4 heterocycles. The van der Waals surface area contributed by atoms with Gasteiger partial charge in [-0.15, -0.1) is 11.8 Å². The highest BCUT2D eigenvalue weighted by Gasteiger charge is 2.33.